The van der Waals surface area contributed by atoms with Crippen LogP contribution in [-0.2, 0) is 0 Å². The first-order chi connectivity index (χ1) is 9.47. The number of hydrogen-bond acceptors (Lipinski definition) is 4. The summed E-state index contributed by atoms with van der Waals surface area (Å²) in [7, 11) is 1.67. The Bertz CT molecular complexity index is 579. The number of aromatic nitrogens is 4. The van der Waals surface area contributed by atoms with Gasteiger partial charge in [-0.25, -0.2) is 4.39 Å². The molecule has 20 heavy (non-hydrogen) atoms. The highest BCUT2D eigenvalue weighted by Crippen LogP contribution is 2.14. The largest absolute Gasteiger partial charge is 0.341 e. The predicted octanol–water partition coefficient (Wildman–Crippen LogP) is 1.52. The van der Waals surface area contributed by atoms with Crippen LogP contribution in [0.3, 0.4) is 0 Å². The van der Waals surface area contributed by atoms with Crippen LogP contribution in [0.4, 0.5) is 4.39 Å². The molecule has 0 fully saturated rings. The number of benzene rings is 1. The van der Waals surface area contributed by atoms with Gasteiger partial charge in [-0.1, -0.05) is 12.1 Å². The number of nitrogens with zero attached hydrogens (tertiary/aromatic N) is 4. The summed E-state index contributed by atoms with van der Waals surface area (Å²) in [4.78, 5) is 13.8. The highest BCUT2D eigenvalue weighted by molar-refractivity contribution is 5.94. The van der Waals surface area contributed by atoms with Crippen LogP contribution in [0.25, 0.3) is 0 Å². The molecule has 0 saturated carbocycles. The van der Waals surface area contributed by atoms with E-state index < -0.39 is 5.82 Å². The van der Waals surface area contributed by atoms with Gasteiger partial charge >= 0.3 is 0 Å². The molecule has 106 valence electrons. The Labute approximate surface area is 116 Å². The number of hydrogen-bond donors (Lipinski definition) is 1. The van der Waals surface area contributed by atoms with Crippen LogP contribution in [0.15, 0.2) is 18.2 Å². The van der Waals surface area contributed by atoms with Gasteiger partial charge in [0, 0.05) is 25.1 Å². The molecule has 0 aliphatic rings. The Morgan fingerprint density at radius 1 is 1.45 bits per heavy atom. The van der Waals surface area contributed by atoms with Crippen molar-refractivity contribution in [3.63, 3.8) is 0 Å². The molecule has 1 aromatic heterocycles. The van der Waals surface area contributed by atoms with E-state index in [1.54, 1.807) is 20.0 Å². The molecular formula is C13H16FN5O. The summed E-state index contributed by atoms with van der Waals surface area (Å²) in [5.74, 6) is -0.159. The fourth-order valence-electron chi connectivity index (χ4n) is 2.03. The fourth-order valence-corrected chi connectivity index (χ4v) is 2.03. The molecule has 0 aliphatic heterocycles. The Morgan fingerprint density at radius 3 is 2.80 bits per heavy atom. The van der Waals surface area contributed by atoms with Crippen molar-refractivity contribution >= 4 is 5.91 Å². The molecule has 0 spiro atoms. The second-order valence-electron chi connectivity index (χ2n) is 4.87. The third-order valence-corrected chi connectivity index (χ3v) is 2.99. The molecular weight excluding hydrogens is 261 g/mol. The number of aromatic amines is 1. The van der Waals surface area contributed by atoms with Crippen LogP contribution in [0, 0.1) is 12.7 Å². The lowest BCUT2D eigenvalue weighted by Crippen LogP contribution is -2.30. The summed E-state index contributed by atoms with van der Waals surface area (Å²) in [5.41, 5.74) is 1.05. The maximum Gasteiger partial charge on any atom is 0.253 e. The minimum Gasteiger partial charge on any atom is -0.341 e. The molecule has 1 amide bonds. The SMILES string of the molecule is Cc1cc(F)cc(C(=O)N(C)CC(C)c2nn[nH]n2)c1. The highest BCUT2D eigenvalue weighted by atomic mass is 19.1. The summed E-state index contributed by atoms with van der Waals surface area (Å²) >= 11 is 0. The number of rotatable bonds is 4. The Hall–Kier alpha value is -2.31. The number of H-pyrrole nitrogens is 1. The summed E-state index contributed by atoms with van der Waals surface area (Å²) in [6.45, 7) is 4.07. The molecule has 1 heterocycles. The molecule has 2 rings (SSSR count). The van der Waals surface area contributed by atoms with Crippen molar-refractivity contribution in [1.29, 1.82) is 0 Å². The van der Waals surface area contributed by atoms with Crippen molar-refractivity contribution in [2.24, 2.45) is 0 Å². The molecule has 0 bridgehead atoms. The molecule has 6 nitrogen and oxygen atoms in total. The number of nitrogens with one attached hydrogen (secondary N) is 1. The van der Waals surface area contributed by atoms with Crippen LogP contribution in [0.2, 0.25) is 0 Å². The van der Waals surface area contributed by atoms with Crippen LogP contribution in [0.1, 0.15) is 34.6 Å². The Balaban J connectivity index is 2.08. The van der Waals surface area contributed by atoms with Crippen molar-refractivity contribution in [1.82, 2.24) is 25.5 Å². The molecule has 0 saturated heterocycles. The highest BCUT2D eigenvalue weighted by Gasteiger charge is 2.18. The van der Waals surface area contributed by atoms with Gasteiger partial charge in [0.2, 0.25) is 0 Å². The van der Waals surface area contributed by atoms with Gasteiger partial charge in [-0.05, 0) is 30.7 Å². The normalized spacial score (nSPS) is 12.2. The lowest BCUT2D eigenvalue weighted by atomic mass is 10.1. The monoisotopic (exact) mass is 277 g/mol. The maximum atomic E-state index is 13.3. The zero-order chi connectivity index (χ0) is 14.7. The van der Waals surface area contributed by atoms with Crippen molar-refractivity contribution in [2.45, 2.75) is 19.8 Å². The first-order valence-electron chi connectivity index (χ1n) is 6.23. The summed E-state index contributed by atoms with van der Waals surface area (Å²) in [6, 6.07) is 4.30. The molecule has 1 atom stereocenters. The Kier molecular flexibility index (Phi) is 4.07. The molecule has 0 radical (unpaired) electrons. The summed E-state index contributed by atoms with van der Waals surface area (Å²) in [6.07, 6.45) is 0. The first kappa shape index (κ1) is 14.1. The second-order valence-corrected chi connectivity index (χ2v) is 4.87. The van der Waals surface area contributed by atoms with Gasteiger partial charge in [0.1, 0.15) is 5.82 Å². The van der Waals surface area contributed by atoms with E-state index >= 15 is 0 Å². The number of carbonyl (C=O) groups is 1. The van der Waals surface area contributed by atoms with Crippen LogP contribution in [-0.4, -0.2) is 45.0 Å². The van der Waals surface area contributed by atoms with Crippen molar-refractivity contribution < 1.29 is 9.18 Å². The lowest BCUT2D eigenvalue weighted by molar-refractivity contribution is 0.0786. The van der Waals surface area contributed by atoms with E-state index in [2.05, 4.69) is 20.6 Å². The van der Waals surface area contributed by atoms with Gasteiger partial charge in [-0.3, -0.25) is 4.79 Å². The number of halogens is 1. The van der Waals surface area contributed by atoms with E-state index in [1.165, 1.54) is 17.0 Å². The van der Waals surface area contributed by atoms with Gasteiger partial charge in [0.05, 0.1) is 0 Å². The molecule has 1 N–H and O–H groups in total. The number of carbonyl (C=O) groups excluding carboxylic acids is 1. The number of aryl methyl sites for hydroxylation is 1. The fraction of sp³-hybridized carbons (Fsp3) is 0.385. The average molecular weight is 277 g/mol. The van der Waals surface area contributed by atoms with Crippen LogP contribution < -0.4 is 0 Å². The van der Waals surface area contributed by atoms with Gasteiger partial charge in [-0.15, -0.1) is 10.2 Å². The molecule has 1 aromatic carbocycles. The first-order valence-corrected chi connectivity index (χ1v) is 6.23. The lowest BCUT2D eigenvalue weighted by Gasteiger charge is -2.20. The zero-order valence-corrected chi connectivity index (χ0v) is 11.6. The minimum atomic E-state index is -0.409. The van der Waals surface area contributed by atoms with E-state index in [1.807, 2.05) is 6.92 Å². The Morgan fingerprint density at radius 2 is 2.20 bits per heavy atom. The average Bonchev–Trinajstić information content (AvgIpc) is 2.90. The van der Waals surface area contributed by atoms with E-state index in [0.717, 1.165) is 0 Å². The quantitative estimate of drug-likeness (QED) is 0.919. The summed E-state index contributed by atoms with van der Waals surface area (Å²) in [5, 5.41) is 13.6. The van der Waals surface area contributed by atoms with E-state index in [9.17, 15) is 9.18 Å². The molecule has 2 aromatic rings. The third kappa shape index (κ3) is 3.17. The molecule has 1 unspecified atom stereocenters. The number of amides is 1. The molecule has 0 aliphatic carbocycles. The van der Waals surface area contributed by atoms with Gasteiger partial charge < -0.3 is 4.90 Å². The van der Waals surface area contributed by atoms with Gasteiger partial charge in [0.25, 0.3) is 5.91 Å². The van der Waals surface area contributed by atoms with E-state index in [4.69, 9.17) is 0 Å². The number of likely N-dealkylation sites (N-methyl/N-ethyl adjacent to an activating group) is 1. The standard InChI is InChI=1S/C13H16FN5O/c1-8-4-10(6-11(14)5-8)13(20)19(3)7-9(2)12-15-17-18-16-12/h4-6,9H,7H2,1-3H3,(H,15,16,17,18). The second kappa shape index (κ2) is 5.77. The van der Waals surface area contributed by atoms with Crippen LogP contribution >= 0.6 is 0 Å². The topological polar surface area (TPSA) is 74.8 Å². The third-order valence-electron chi connectivity index (χ3n) is 2.99. The van der Waals surface area contributed by atoms with Crippen molar-refractivity contribution in [2.75, 3.05) is 13.6 Å². The molecule has 7 heteroatoms. The van der Waals surface area contributed by atoms with Gasteiger partial charge in [-0.2, -0.15) is 5.21 Å². The zero-order valence-electron chi connectivity index (χ0n) is 11.6. The number of tetrazole rings is 1. The van der Waals surface area contributed by atoms with Crippen LogP contribution in [0.5, 0.6) is 0 Å². The predicted molar refractivity (Wildman–Crippen MR) is 70.7 cm³/mol. The minimum absolute atomic E-state index is 0.0580. The smallest absolute Gasteiger partial charge is 0.253 e. The van der Waals surface area contributed by atoms with Crippen molar-refractivity contribution in [3.8, 4) is 0 Å². The van der Waals surface area contributed by atoms with Gasteiger partial charge in [0.15, 0.2) is 5.82 Å². The maximum absolute atomic E-state index is 13.3. The summed E-state index contributed by atoms with van der Waals surface area (Å²) < 4.78 is 13.3. The van der Waals surface area contributed by atoms with E-state index in [0.29, 0.717) is 23.5 Å². The van der Waals surface area contributed by atoms with E-state index in [-0.39, 0.29) is 11.8 Å². The van der Waals surface area contributed by atoms with Crippen molar-refractivity contribution in [3.05, 3.63) is 41.0 Å².